The molecule has 0 aromatic carbocycles. The molecule has 0 radical (unpaired) electrons. The van der Waals surface area contributed by atoms with Crippen molar-refractivity contribution in [3.8, 4) is 0 Å². The van der Waals surface area contributed by atoms with E-state index in [2.05, 4.69) is 15.3 Å². The maximum atomic E-state index is 12.5. The van der Waals surface area contributed by atoms with Gasteiger partial charge in [0.2, 0.25) is 11.9 Å². The smallest absolute Gasteiger partial charge is 0.370 e. The van der Waals surface area contributed by atoms with Gasteiger partial charge in [0, 0.05) is 19.0 Å². The number of anilines is 2. The Morgan fingerprint density at radius 3 is 2.58 bits per heavy atom. The van der Waals surface area contributed by atoms with Crippen LogP contribution in [0, 0.1) is 0 Å². The fourth-order valence-electron chi connectivity index (χ4n) is 1.34. The fourth-order valence-corrected chi connectivity index (χ4v) is 1.34. The van der Waals surface area contributed by atoms with Crippen LogP contribution in [-0.2, 0) is 11.0 Å². The number of rotatable bonds is 6. The van der Waals surface area contributed by atoms with Gasteiger partial charge in [-0.15, -0.1) is 0 Å². The fraction of sp³-hybridized carbons (Fsp3) is 0.500. The van der Waals surface area contributed by atoms with Crippen LogP contribution in [0.5, 0.6) is 0 Å². The number of nitrogens with two attached hydrogens (primary N) is 2. The molecule has 0 aliphatic rings. The summed E-state index contributed by atoms with van der Waals surface area (Å²) in [5.74, 6) is -0.862. The van der Waals surface area contributed by atoms with E-state index in [-0.39, 0.29) is 12.2 Å². The van der Waals surface area contributed by atoms with Crippen molar-refractivity contribution in [3.05, 3.63) is 11.8 Å². The first-order valence-electron chi connectivity index (χ1n) is 5.53. The summed E-state index contributed by atoms with van der Waals surface area (Å²) >= 11 is 0. The summed E-state index contributed by atoms with van der Waals surface area (Å²) in [7, 11) is 0. The summed E-state index contributed by atoms with van der Waals surface area (Å²) in [4.78, 5) is 17.2. The lowest BCUT2D eigenvalue weighted by Crippen LogP contribution is -2.14. The molecule has 0 bridgehead atoms. The molecule has 19 heavy (non-hydrogen) atoms. The third-order valence-electron chi connectivity index (χ3n) is 2.19. The Kier molecular flexibility index (Phi) is 4.90. The van der Waals surface area contributed by atoms with Gasteiger partial charge in [-0.25, -0.2) is 4.98 Å². The lowest BCUT2D eigenvalue weighted by molar-refractivity contribution is -0.141. The van der Waals surface area contributed by atoms with Gasteiger partial charge < -0.3 is 16.8 Å². The van der Waals surface area contributed by atoms with Crippen LogP contribution in [0.4, 0.5) is 24.9 Å². The van der Waals surface area contributed by atoms with Crippen LogP contribution in [0.25, 0.3) is 0 Å². The normalized spacial score (nSPS) is 11.3. The number of halogens is 3. The Morgan fingerprint density at radius 2 is 2.00 bits per heavy atom. The van der Waals surface area contributed by atoms with Crippen LogP contribution in [0.2, 0.25) is 0 Å². The number of hydrogen-bond donors (Lipinski definition) is 3. The van der Waals surface area contributed by atoms with Gasteiger partial charge in [-0.2, -0.15) is 18.2 Å². The molecular formula is C10H14F3N5O. The second-order valence-electron chi connectivity index (χ2n) is 3.84. The second-order valence-corrected chi connectivity index (χ2v) is 3.84. The van der Waals surface area contributed by atoms with E-state index in [9.17, 15) is 18.0 Å². The first-order chi connectivity index (χ1) is 8.79. The number of aromatic nitrogens is 2. The van der Waals surface area contributed by atoms with Gasteiger partial charge in [0.25, 0.3) is 0 Å². The number of unbranched alkanes of at least 4 members (excludes halogenated alkanes) is 1. The molecule has 1 amide bonds. The van der Waals surface area contributed by atoms with E-state index in [1.54, 1.807) is 0 Å². The van der Waals surface area contributed by atoms with Gasteiger partial charge in [0.15, 0.2) is 5.69 Å². The number of nitrogen functional groups attached to an aromatic ring is 1. The maximum absolute atomic E-state index is 12.5. The molecule has 0 saturated heterocycles. The minimum Gasteiger partial charge on any atom is -0.370 e. The van der Waals surface area contributed by atoms with E-state index in [1.165, 1.54) is 0 Å². The van der Waals surface area contributed by atoms with Gasteiger partial charge in [0.05, 0.1) is 0 Å². The van der Waals surface area contributed by atoms with Crippen molar-refractivity contribution in [3.63, 3.8) is 0 Å². The van der Waals surface area contributed by atoms with Crippen molar-refractivity contribution in [2.75, 3.05) is 17.6 Å². The quantitative estimate of drug-likeness (QED) is 0.676. The van der Waals surface area contributed by atoms with Crippen LogP contribution in [0.3, 0.4) is 0 Å². The zero-order valence-corrected chi connectivity index (χ0v) is 10.00. The van der Waals surface area contributed by atoms with Crippen LogP contribution in [0.15, 0.2) is 6.07 Å². The molecule has 0 spiro atoms. The molecule has 0 fully saturated rings. The highest BCUT2D eigenvalue weighted by atomic mass is 19.4. The summed E-state index contributed by atoms with van der Waals surface area (Å²) < 4.78 is 37.4. The molecule has 9 heteroatoms. The van der Waals surface area contributed by atoms with Crippen molar-refractivity contribution in [2.24, 2.45) is 5.73 Å². The largest absolute Gasteiger partial charge is 0.433 e. The molecule has 0 aliphatic carbocycles. The van der Waals surface area contributed by atoms with Crippen LogP contribution < -0.4 is 16.8 Å². The van der Waals surface area contributed by atoms with Crippen molar-refractivity contribution in [2.45, 2.75) is 25.4 Å². The standard InChI is InChI=1S/C10H14F3N5O/c11-10(12,13)6-5-8(18-9(15)17-6)16-4-2-1-3-7(14)19/h5H,1-4H2,(H2,14,19)(H3,15,16,17,18). The summed E-state index contributed by atoms with van der Waals surface area (Å²) in [6, 6.07) is 0.782. The van der Waals surface area contributed by atoms with E-state index in [4.69, 9.17) is 11.5 Å². The molecule has 1 rings (SSSR count). The van der Waals surface area contributed by atoms with Gasteiger partial charge in [-0.3, -0.25) is 4.79 Å². The zero-order chi connectivity index (χ0) is 14.5. The van der Waals surface area contributed by atoms with E-state index < -0.39 is 23.7 Å². The number of carbonyl (C=O) groups excluding carboxylic acids is 1. The molecule has 0 aliphatic heterocycles. The first kappa shape index (κ1) is 15.0. The Labute approximate surface area is 107 Å². The first-order valence-corrected chi connectivity index (χ1v) is 5.53. The van der Waals surface area contributed by atoms with Crippen LogP contribution in [0.1, 0.15) is 25.0 Å². The number of carbonyl (C=O) groups is 1. The highest BCUT2D eigenvalue weighted by Crippen LogP contribution is 2.29. The molecule has 5 N–H and O–H groups in total. The minimum absolute atomic E-state index is 0.00102. The second kappa shape index (κ2) is 6.21. The Bertz CT molecular complexity index is 449. The number of nitrogens with zero attached hydrogens (tertiary/aromatic N) is 2. The molecule has 106 valence electrons. The predicted octanol–water partition coefficient (Wildman–Crippen LogP) is 1.15. The van der Waals surface area contributed by atoms with Crippen molar-refractivity contribution in [1.29, 1.82) is 0 Å². The number of nitrogens with one attached hydrogen (secondary N) is 1. The lowest BCUT2D eigenvalue weighted by atomic mass is 10.2. The summed E-state index contributed by atoms with van der Waals surface area (Å²) in [6.07, 6.45) is -3.20. The minimum atomic E-state index is -4.57. The average Bonchev–Trinajstić information content (AvgIpc) is 2.26. The maximum Gasteiger partial charge on any atom is 0.433 e. The SMILES string of the molecule is NC(=O)CCCCNc1cc(C(F)(F)F)nc(N)n1. The number of primary amides is 1. The van der Waals surface area contributed by atoms with E-state index >= 15 is 0 Å². The van der Waals surface area contributed by atoms with E-state index in [1.807, 2.05) is 0 Å². The third-order valence-corrected chi connectivity index (χ3v) is 2.19. The monoisotopic (exact) mass is 277 g/mol. The molecule has 1 heterocycles. The van der Waals surface area contributed by atoms with Crippen molar-refractivity contribution in [1.82, 2.24) is 9.97 Å². The molecule has 0 atom stereocenters. The van der Waals surface area contributed by atoms with Crippen LogP contribution >= 0.6 is 0 Å². The summed E-state index contributed by atoms with van der Waals surface area (Å²) in [5, 5.41) is 2.69. The average molecular weight is 277 g/mol. The van der Waals surface area contributed by atoms with E-state index in [0.717, 1.165) is 6.07 Å². The Balaban J connectivity index is 2.54. The summed E-state index contributed by atoms with van der Waals surface area (Å²) in [5.41, 5.74) is 9.06. The van der Waals surface area contributed by atoms with Crippen molar-refractivity contribution < 1.29 is 18.0 Å². The Hall–Kier alpha value is -2.06. The summed E-state index contributed by atoms with van der Waals surface area (Å²) in [6.45, 7) is 0.362. The Morgan fingerprint density at radius 1 is 1.32 bits per heavy atom. The van der Waals surface area contributed by atoms with Gasteiger partial charge in [0.1, 0.15) is 5.82 Å². The highest BCUT2D eigenvalue weighted by Gasteiger charge is 2.33. The molecule has 1 aromatic rings. The molecule has 0 saturated carbocycles. The van der Waals surface area contributed by atoms with Gasteiger partial charge in [-0.05, 0) is 12.8 Å². The molecule has 6 nitrogen and oxygen atoms in total. The number of amides is 1. The van der Waals surface area contributed by atoms with Gasteiger partial charge >= 0.3 is 6.18 Å². The molecule has 1 aromatic heterocycles. The third kappa shape index (κ3) is 5.40. The van der Waals surface area contributed by atoms with Crippen LogP contribution in [-0.4, -0.2) is 22.4 Å². The van der Waals surface area contributed by atoms with Crippen molar-refractivity contribution >= 4 is 17.7 Å². The van der Waals surface area contributed by atoms with E-state index in [0.29, 0.717) is 19.4 Å². The number of hydrogen-bond acceptors (Lipinski definition) is 5. The predicted molar refractivity (Wildman–Crippen MR) is 63.0 cm³/mol. The molecule has 0 unspecified atom stereocenters. The molecular weight excluding hydrogens is 263 g/mol. The number of alkyl halides is 3. The topological polar surface area (TPSA) is 107 Å². The highest BCUT2D eigenvalue weighted by molar-refractivity contribution is 5.73. The van der Waals surface area contributed by atoms with Gasteiger partial charge in [-0.1, -0.05) is 0 Å². The zero-order valence-electron chi connectivity index (χ0n) is 10.00. The lowest BCUT2D eigenvalue weighted by Gasteiger charge is -2.10.